The molecule has 3 heterocycles. The molecule has 1 aliphatic rings. The normalized spacial score (nSPS) is 19.2. The first kappa shape index (κ1) is 24.4. The molecule has 33 heavy (non-hydrogen) atoms. The van der Waals surface area contributed by atoms with Crippen molar-refractivity contribution in [3.05, 3.63) is 36.5 Å². The minimum Gasteiger partial charge on any atom is -0.472 e. The minimum atomic E-state index is -0.411. The molecule has 0 aromatic carbocycles. The molecule has 10 heteroatoms. The number of carbonyl (C=O) groups is 2. The highest BCUT2D eigenvalue weighted by atomic mass is 16.5. The van der Waals surface area contributed by atoms with E-state index in [1.54, 1.807) is 48.4 Å². The summed E-state index contributed by atoms with van der Waals surface area (Å²) in [6.45, 7) is 8.06. The number of carbonyl (C=O) groups excluding carboxylic acids is 2. The number of aromatic nitrogens is 3. The quantitative estimate of drug-likeness (QED) is 0.680. The monoisotopic (exact) mass is 456 g/mol. The van der Waals surface area contributed by atoms with Crippen LogP contribution < -0.4 is 10.1 Å². The topological polar surface area (TPSA) is 121 Å². The van der Waals surface area contributed by atoms with Crippen molar-refractivity contribution in [2.75, 3.05) is 26.7 Å². The van der Waals surface area contributed by atoms with E-state index < -0.39 is 12.1 Å². The lowest BCUT2D eigenvalue weighted by Gasteiger charge is -2.37. The molecule has 178 valence electrons. The molecule has 0 fully saturated rings. The average Bonchev–Trinajstić information content (AvgIpc) is 2.80. The van der Waals surface area contributed by atoms with Crippen LogP contribution in [0.25, 0.3) is 11.1 Å². The van der Waals surface area contributed by atoms with Crippen molar-refractivity contribution in [1.29, 1.82) is 0 Å². The number of fused-ring (bicyclic) bond motifs is 1. The summed E-state index contributed by atoms with van der Waals surface area (Å²) in [7, 11) is 1.71. The number of hydrogen-bond acceptors (Lipinski definition) is 7. The maximum Gasteiger partial charge on any atom is 0.317 e. The van der Waals surface area contributed by atoms with Gasteiger partial charge in [0.15, 0.2) is 0 Å². The van der Waals surface area contributed by atoms with Gasteiger partial charge in [-0.3, -0.25) is 4.79 Å². The highest BCUT2D eigenvalue weighted by Gasteiger charge is 2.34. The number of nitrogens with zero attached hydrogens (tertiary/aromatic N) is 5. The molecule has 2 aromatic rings. The lowest BCUT2D eigenvalue weighted by molar-refractivity contribution is 0.0352. The molecule has 3 rings (SSSR count). The molecule has 0 aliphatic carbocycles. The van der Waals surface area contributed by atoms with E-state index >= 15 is 0 Å². The minimum absolute atomic E-state index is 0.0110. The number of ether oxygens (including phenoxy) is 1. The molecule has 0 bridgehead atoms. The van der Waals surface area contributed by atoms with Crippen molar-refractivity contribution < 1.29 is 19.4 Å². The molecule has 0 radical (unpaired) electrons. The fourth-order valence-electron chi connectivity index (χ4n) is 3.64. The van der Waals surface area contributed by atoms with Gasteiger partial charge in [0.2, 0.25) is 5.88 Å². The number of nitrogens with one attached hydrogen (secondary N) is 1. The average molecular weight is 457 g/mol. The van der Waals surface area contributed by atoms with Crippen molar-refractivity contribution in [3.63, 3.8) is 0 Å². The number of likely N-dealkylation sites (N-methyl/N-ethyl adjacent to an activating group) is 1. The van der Waals surface area contributed by atoms with Crippen LogP contribution in [0.1, 0.15) is 38.1 Å². The fraction of sp³-hybridized carbons (Fsp3) is 0.522. The van der Waals surface area contributed by atoms with Crippen LogP contribution >= 0.6 is 0 Å². The lowest BCUT2D eigenvalue weighted by atomic mass is 9.99. The second-order valence-corrected chi connectivity index (χ2v) is 8.81. The number of aliphatic hydroxyl groups excluding tert-OH is 1. The van der Waals surface area contributed by atoms with E-state index in [0.717, 1.165) is 5.56 Å². The number of aliphatic hydroxyl groups is 1. The maximum atomic E-state index is 13.5. The zero-order chi connectivity index (χ0) is 24.1. The van der Waals surface area contributed by atoms with Crippen LogP contribution in [-0.2, 0) is 0 Å². The summed E-state index contributed by atoms with van der Waals surface area (Å²) in [5.41, 5.74) is 1.70. The second kappa shape index (κ2) is 10.6. The summed E-state index contributed by atoms with van der Waals surface area (Å²) >= 11 is 0. The van der Waals surface area contributed by atoms with Gasteiger partial charge >= 0.3 is 6.03 Å². The Hall–Kier alpha value is -3.27. The van der Waals surface area contributed by atoms with Crippen molar-refractivity contribution in [3.8, 4) is 17.0 Å². The van der Waals surface area contributed by atoms with Gasteiger partial charge in [0, 0.05) is 55.3 Å². The largest absolute Gasteiger partial charge is 0.472 e. The van der Waals surface area contributed by atoms with E-state index in [2.05, 4.69) is 20.3 Å². The molecule has 1 aliphatic heterocycles. The van der Waals surface area contributed by atoms with Crippen LogP contribution in [0, 0.1) is 5.92 Å². The molecular formula is C23H32N6O4. The van der Waals surface area contributed by atoms with E-state index in [4.69, 9.17) is 4.74 Å². The molecule has 3 amide bonds. The summed E-state index contributed by atoms with van der Waals surface area (Å²) in [6, 6.07) is 1.13. The molecule has 0 saturated carbocycles. The van der Waals surface area contributed by atoms with Gasteiger partial charge in [-0.05, 0) is 26.8 Å². The van der Waals surface area contributed by atoms with Crippen molar-refractivity contribution in [2.24, 2.45) is 5.92 Å². The van der Waals surface area contributed by atoms with Crippen LogP contribution in [0.15, 0.2) is 31.0 Å². The van der Waals surface area contributed by atoms with E-state index in [1.165, 1.54) is 6.33 Å². The standard InChI is InChI=1S/C23H32N6O4/c1-14(2)27-23(32)28(5)11-20-15(3)10-29(16(4)12-30)22(31)19-6-17(9-26-21(19)33-20)18-7-24-13-25-8-18/h6-9,13-16,20,30H,10-12H2,1-5H3,(H,27,32)/t15-,16-,20+/m0/s1. The molecule has 2 aromatic heterocycles. The van der Waals surface area contributed by atoms with Crippen molar-refractivity contribution in [2.45, 2.75) is 45.9 Å². The molecular weight excluding hydrogens is 424 g/mol. The van der Waals surface area contributed by atoms with Crippen molar-refractivity contribution in [1.82, 2.24) is 30.1 Å². The van der Waals surface area contributed by atoms with Gasteiger partial charge < -0.3 is 25.0 Å². The fourth-order valence-corrected chi connectivity index (χ4v) is 3.64. The number of urea groups is 1. The van der Waals surface area contributed by atoms with Gasteiger partial charge in [-0.1, -0.05) is 6.92 Å². The van der Waals surface area contributed by atoms with Gasteiger partial charge in [-0.25, -0.2) is 19.7 Å². The Morgan fingerprint density at radius 1 is 1.27 bits per heavy atom. The SMILES string of the molecule is CC(C)NC(=O)N(C)C[C@H]1Oc2ncc(-c3cncnc3)cc2C(=O)N([C@@H](C)CO)C[C@@H]1C. The highest BCUT2D eigenvalue weighted by molar-refractivity contribution is 5.98. The first-order valence-corrected chi connectivity index (χ1v) is 11.1. The predicted octanol–water partition coefficient (Wildman–Crippen LogP) is 1.81. The number of amides is 3. The van der Waals surface area contributed by atoms with E-state index in [-0.39, 0.29) is 36.4 Å². The van der Waals surface area contributed by atoms with Crippen LogP contribution in [0.4, 0.5) is 4.79 Å². The first-order valence-electron chi connectivity index (χ1n) is 11.1. The van der Waals surface area contributed by atoms with E-state index in [0.29, 0.717) is 24.2 Å². The molecule has 2 N–H and O–H groups in total. The van der Waals surface area contributed by atoms with Crippen LogP contribution in [0.2, 0.25) is 0 Å². The molecule has 0 saturated heterocycles. The van der Waals surface area contributed by atoms with Gasteiger partial charge in [-0.2, -0.15) is 0 Å². The van der Waals surface area contributed by atoms with Gasteiger partial charge in [0.05, 0.1) is 19.2 Å². The Kier molecular flexibility index (Phi) is 7.80. The Morgan fingerprint density at radius 2 is 1.97 bits per heavy atom. The second-order valence-electron chi connectivity index (χ2n) is 8.81. The highest BCUT2D eigenvalue weighted by Crippen LogP contribution is 2.30. The van der Waals surface area contributed by atoms with Crippen LogP contribution in [-0.4, -0.2) is 86.7 Å². The lowest BCUT2D eigenvalue weighted by Crippen LogP contribution is -2.51. The Morgan fingerprint density at radius 3 is 2.61 bits per heavy atom. The smallest absolute Gasteiger partial charge is 0.317 e. The number of pyridine rings is 1. The molecule has 10 nitrogen and oxygen atoms in total. The zero-order valence-electron chi connectivity index (χ0n) is 19.7. The Labute approximate surface area is 194 Å². The van der Waals surface area contributed by atoms with Gasteiger partial charge in [0.25, 0.3) is 5.91 Å². The van der Waals surface area contributed by atoms with Crippen LogP contribution in [0.5, 0.6) is 5.88 Å². The van der Waals surface area contributed by atoms with Gasteiger partial charge in [0.1, 0.15) is 18.0 Å². The summed E-state index contributed by atoms with van der Waals surface area (Å²) < 4.78 is 6.22. The molecule has 0 spiro atoms. The van der Waals surface area contributed by atoms with Crippen molar-refractivity contribution >= 4 is 11.9 Å². The zero-order valence-corrected chi connectivity index (χ0v) is 19.7. The summed E-state index contributed by atoms with van der Waals surface area (Å²) in [5.74, 6) is -0.187. The third-order valence-electron chi connectivity index (χ3n) is 5.63. The summed E-state index contributed by atoms with van der Waals surface area (Å²) in [4.78, 5) is 41.6. The third kappa shape index (κ3) is 5.75. The van der Waals surface area contributed by atoms with E-state index in [9.17, 15) is 14.7 Å². The number of hydrogen-bond donors (Lipinski definition) is 2. The first-order chi connectivity index (χ1) is 15.7. The van der Waals surface area contributed by atoms with Crippen LogP contribution in [0.3, 0.4) is 0 Å². The van der Waals surface area contributed by atoms with E-state index in [1.807, 2.05) is 20.8 Å². The van der Waals surface area contributed by atoms with Gasteiger partial charge in [-0.15, -0.1) is 0 Å². The Bertz CT molecular complexity index is 971. The predicted molar refractivity (Wildman–Crippen MR) is 123 cm³/mol. The number of rotatable bonds is 6. The Balaban J connectivity index is 1.97. The summed E-state index contributed by atoms with van der Waals surface area (Å²) in [6.07, 6.45) is 5.93. The molecule has 0 unspecified atom stereocenters. The summed E-state index contributed by atoms with van der Waals surface area (Å²) in [5, 5.41) is 12.7. The molecule has 3 atom stereocenters. The maximum absolute atomic E-state index is 13.5. The third-order valence-corrected chi connectivity index (χ3v) is 5.63.